The zero-order chi connectivity index (χ0) is 13.8. The number of alkyl halides is 2. The molecule has 0 nitrogen and oxygen atoms in total. The van der Waals surface area contributed by atoms with Gasteiger partial charge in [-0.25, -0.2) is 0 Å². The summed E-state index contributed by atoms with van der Waals surface area (Å²) in [4.78, 5) is 0. The topological polar surface area (TPSA) is 0 Å². The van der Waals surface area contributed by atoms with E-state index >= 15 is 0 Å². The first-order valence-corrected chi connectivity index (χ1v) is 11.2. The van der Waals surface area contributed by atoms with Crippen molar-refractivity contribution in [3.8, 4) is 0 Å². The highest BCUT2D eigenvalue weighted by Crippen LogP contribution is 2.30. The van der Waals surface area contributed by atoms with Gasteiger partial charge in [0.15, 0.2) is 7.85 Å². The molecule has 1 heteroatoms. The molecule has 2 aliphatic rings. The van der Waals surface area contributed by atoms with E-state index in [2.05, 4.69) is 27.7 Å². The molecule has 0 saturated heterocycles. The second-order valence-electron chi connectivity index (χ2n) is 7.64. The van der Waals surface area contributed by atoms with Gasteiger partial charge in [0, 0.05) is 0 Å². The van der Waals surface area contributed by atoms with Crippen LogP contribution in [0.15, 0.2) is 0 Å². The lowest BCUT2D eigenvalue weighted by atomic mass is 9.82. The molecule has 0 radical (unpaired) electrons. The van der Waals surface area contributed by atoms with Crippen LogP contribution in [-0.4, -0.2) is 7.85 Å². The van der Waals surface area contributed by atoms with Gasteiger partial charge >= 0.3 is 0 Å². The van der Waals surface area contributed by atoms with Crippen LogP contribution in [0.1, 0.15) is 79.1 Å². The summed E-state index contributed by atoms with van der Waals surface area (Å²) in [6, 6.07) is 0. The Balaban J connectivity index is 1.67. The molecule has 0 aromatic heterocycles. The average Bonchev–Trinajstić information content (AvgIpc) is 2.40. The van der Waals surface area contributed by atoms with Gasteiger partial charge in [0.2, 0.25) is 0 Å². The predicted molar refractivity (Wildman–Crippen MR) is 81.2 cm³/mol. The lowest BCUT2D eigenvalue weighted by Crippen LogP contribution is -3.68. The minimum absolute atomic E-state index is 0.504. The van der Waals surface area contributed by atoms with Crippen molar-refractivity contribution in [1.82, 2.24) is 0 Å². The number of rotatable bonds is 4. The number of hydrogen-bond donors (Lipinski definition) is 0. The summed E-state index contributed by atoms with van der Waals surface area (Å²) in [6.45, 7) is 9.70. The molecule has 0 bridgehead atoms. The molecule has 0 N–H and O–H groups in total. The molecule has 19 heavy (non-hydrogen) atoms. The third-order valence-electron chi connectivity index (χ3n) is 5.64. The van der Waals surface area contributed by atoms with E-state index in [0.29, 0.717) is 21.2 Å². The highest BCUT2D eigenvalue weighted by atomic mass is 127. The van der Waals surface area contributed by atoms with Crippen molar-refractivity contribution >= 4 is 0 Å². The van der Waals surface area contributed by atoms with Crippen LogP contribution < -0.4 is 21.2 Å². The third-order valence-corrected chi connectivity index (χ3v) is 10.2. The Bertz CT molecular complexity index is 216. The molecule has 112 valence electrons. The molecule has 0 spiro atoms. The van der Waals surface area contributed by atoms with E-state index < -0.39 is 0 Å². The van der Waals surface area contributed by atoms with Crippen LogP contribution in [0.2, 0.25) is 0 Å². The first kappa shape index (κ1) is 16.1. The minimum Gasteiger partial charge on any atom is -0.0625 e. The molecular weight excluding hydrogens is 343 g/mol. The fourth-order valence-corrected chi connectivity index (χ4v) is 8.31. The summed E-state index contributed by atoms with van der Waals surface area (Å²) >= 11 is 0.504. The first-order valence-electron chi connectivity index (χ1n) is 8.68. The third kappa shape index (κ3) is 4.89. The molecule has 0 heterocycles. The highest BCUT2D eigenvalue weighted by molar-refractivity contribution is 4.76. The molecule has 0 aromatic rings. The first-order chi connectivity index (χ1) is 9.06. The summed E-state index contributed by atoms with van der Waals surface area (Å²) in [5.74, 6) is 3.97. The van der Waals surface area contributed by atoms with Crippen molar-refractivity contribution in [1.29, 1.82) is 0 Å². The molecule has 2 fully saturated rings. The van der Waals surface area contributed by atoms with Gasteiger partial charge in [0.05, 0.1) is 0 Å². The van der Waals surface area contributed by atoms with Crippen LogP contribution in [0.4, 0.5) is 0 Å². The van der Waals surface area contributed by atoms with E-state index in [4.69, 9.17) is 0 Å². The predicted octanol–water partition coefficient (Wildman–Crippen LogP) is 2.50. The summed E-state index contributed by atoms with van der Waals surface area (Å²) < 4.78 is 2.38. The van der Waals surface area contributed by atoms with Gasteiger partial charge in [0.1, 0.15) is 0 Å². The quantitative estimate of drug-likeness (QED) is 0.522. The Kier molecular flexibility index (Phi) is 6.49. The van der Waals surface area contributed by atoms with E-state index in [0.717, 1.165) is 23.7 Å². The SMILES string of the molecule is CC(C)C1CCC([I+]C2CCC(C(C)C)CC2)CC1. The normalized spacial score (nSPS) is 36.9. The lowest BCUT2D eigenvalue weighted by Gasteiger charge is -2.29. The van der Waals surface area contributed by atoms with Crippen molar-refractivity contribution in [2.75, 3.05) is 0 Å². The van der Waals surface area contributed by atoms with Crippen LogP contribution in [0.5, 0.6) is 0 Å². The zero-order valence-corrected chi connectivity index (χ0v) is 15.7. The zero-order valence-electron chi connectivity index (χ0n) is 13.5. The summed E-state index contributed by atoms with van der Waals surface area (Å²) in [5, 5.41) is 0. The molecule has 0 unspecified atom stereocenters. The van der Waals surface area contributed by atoms with E-state index in [-0.39, 0.29) is 0 Å². The Morgan fingerprint density at radius 3 is 1.16 bits per heavy atom. The summed E-state index contributed by atoms with van der Waals surface area (Å²) in [7, 11) is 0. The smallest absolute Gasteiger partial charge is 0.0625 e. The van der Waals surface area contributed by atoms with E-state index in [1.165, 1.54) is 7.85 Å². The van der Waals surface area contributed by atoms with E-state index in [1.807, 2.05) is 0 Å². The molecule has 0 amide bonds. The molecule has 2 aliphatic carbocycles. The van der Waals surface area contributed by atoms with Gasteiger partial charge in [0.25, 0.3) is 21.2 Å². The molecule has 2 rings (SSSR count). The molecular formula is C18H34I+. The van der Waals surface area contributed by atoms with Gasteiger partial charge in [-0.3, -0.25) is 0 Å². The minimum atomic E-state index is 0.504. The van der Waals surface area contributed by atoms with Gasteiger partial charge in [-0.2, -0.15) is 0 Å². The Morgan fingerprint density at radius 2 is 0.895 bits per heavy atom. The van der Waals surface area contributed by atoms with Crippen LogP contribution in [0.25, 0.3) is 0 Å². The molecule has 0 aromatic carbocycles. The van der Waals surface area contributed by atoms with Crippen molar-refractivity contribution < 1.29 is 21.2 Å². The average molecular weight is 377 g/mol. The second kappa shape index (κ2) is 7.66. The van der Waals surface area contributed by atoms with Crippen LogP contribution in [0.3, 0.4) is 0 Å². The fourth-order valence-electron chi connectivity index (χ4n) is 3.99. The Labute approximate surface area is 131 Å². The van der Waals surface area contributed by atoms with Crippen molar-refractivity contribution in [2.45, 2.75) is 86.9 Å². The lowest BCUT2D eigenvalue weighted by molar-refractivity contribution is -0.726. The maximum atomic E-state index is 2.42. The van der Waals surface area contributed by atoms with Crippen molar-refractivity contribution in [3.63, 3.8) is 0 Å². The highest BCUT2D eigenvalue weighted by Gasteiger charge is 2.38. The largest absolute Gasteiger partial charge is 0.275 e. The number of halogens is 1. The van der Waals surface area contributed by atoms with E-state index in [9.17, 15) is 0 Å². The van der Waals surface area contributed by atoms with E-state index in [1.54, 1.807) is 51.4 Å². The van der Waals surface area contributed by atoms with Crippen molar-refractivity contribution in [2.24, 2.45) is 23.7 Å². The van der Waals surface area contributed by atoms with Gasteiger partial charge in [-0.15, -0.1) is 0 Å². The Morgan fingerprint density at radius 1 is 0.579 bits per heavy atom. The maximum absolute atomic E-state index is 2.42. The number of hydrogen-bond acceptors (Lipinski definition) is 0. The second-order valence-corrected chi connectivity index (χ2v) is 11.9. The van der Waals surface area contributed by atoms with Crippen LogP contribution in [-0.2, 0) is 0 Å². The van der Waals surface area contributed by atoms with Gasteiger partial charge in [-0.05, 0) is 75.0 Å². The van der Waals surface area contributed by atoms with Crippen molar-refractivity contribution in [3.05, 3.63) is 0 Å². The van der Waals surface area contributed by atoms with Gasteiger partial charge in [-0.1, -0.05) is 27.7 Å². The monoisotopic (exact) mass is 377 g/mol. The summed E-state index contributed by atoms with van der Waals surface area (Å²) in [6.07, 6.45) is 12.5. The maximum Gasteiger partial charge on any atom is 0.275 e. The fraction of sp³-hybridized carbons (Fsp3) is 1.00. The Hall–Kier alpha value is 0.730. The molecule has 0 aliphatic heterocycles. The standard InChI is InChI=1S/C18H34I/c1-13(2)15-5-9-17(10-6-15)19-18-11-7-16(8-12-18)14(3)4/h13-18H,5-12H2,1-4H3/q+1. The van der Waals surface area contributed by atoms with Crippen LogP contribution >= 0.6 is 0 Å². The van der Waals surface area contributed by atoms with Crippen LogP contribution in [0, 0.1) is 23.7 Å². The summed E-state index contributed by atoms with van der Waals surface area (Å²) in [5.41, 5.74) is 0. The molecule has 2 saturated carbocycles. The van der Waals surface area contributed by atoms with Gasteiger partial charge < -0.3 is 0 Å². The molecule has 0 atom stereocenters.